The van der Waals surface area contributed by atoms with Crippen LogP contribution in [0.3, 0.4) is 0 Å². The maximum atomic E-state index is 12.7. The topological polar surface area (TPSA) is 68.0 Å². The zero-order chi connectivity index (χ0) is 15.9. The number of hydrogen-bond acceptors (Lipinski definition) is 5. The number of nitrogens with one attached hydrogen (secondary N) is 1. The lowest BCUT2D eigenvalue weighted by molar-refractivity contribution is -0.123. The predicted molar refractivity (Wildman–Crippen MR) is 84.9 cm³/mol. The van der Waals surface area contributed by atoms with Gasteiger partial charge in [-0.3, -0.25) is 4.79 Å². The van der Waals surface area contributed by atoms with Crippen molar-refractivity contribution in [1.82, 2.24) is 15.5 Å². The Hall–Kier alpha value is -1.69. The summed E-state index contributed by atoms with van der Waals surface area (Å²) in [5.41, 5.74) is 1.68. The molecule has 2 heterocycles. The number of aromatic nitrogens is 2. The molecule has 3 rings (SSSR count). The molecule has 118 valence electrons. The molecule has 2 atom stereocenters. The first-order chi connectivity index (χ1) is 10.5. The second-order valence-corrected chi connectivity index (χ2v) is 7.36. The molecule has 2 aromatic heterocycles. The summed E-state index contributed by atoms with van der Waals surface area (Å²) in [4.78, 5) is 18.3. The number of aryl methyl sites for hydroxylation is 3. The molecule has 0 aliphatic heterocycles. The molecule has 1 N–H and O–H groups in total. The van der Waals surface area contributed by atoms with E-state index in [2.05, 4.69) is 15.5 Å². The van der Waals surface area contributed by atoms with Crippen molar-refractivity contribution in [2.75, 3.05) is 0 Å². The van der Waals surface area contributed by atoms with E-state index in [1.54, 1.807) is 11.3 Å². The Kier molecular flexibility index (Phi) is 4.04. The Labute approximate surface area is 134 Å². The normalized spacial score (nSPS) is 17.3. The summed E-state index contributed by atoms with van der Waals surface area (Å²) in [7, 11) is 0. The van der Waals surface area contributed by atoms with Gasteiger partial charge in [-0.15, -0.1) is 11.3 Å². The number of carbonyl (C=O) groups is 1. The molecule has 1 amide bonds. The number of carbonyl (C=O) groups excluding carboxylic acids is 1. The van der Waals surface area contributed by atoms with Gasteiger partial charge in [0.2, 0.25) is 5.91 Å². The first-order valence-corrected chi connectivity index (χ1v) is 8.44. The molecule has 0 bridgehead atoms. The second kappa shape index (κ2) is 5.83. The van der Waals surface area contributed by atoms with Gasteiger partial charge in [-0.05, 0) is 46.5 Å². The first-order valence-electron chi connectivity index (χ1n) is 7.63. The molecule has 0 aromatic carbocycles. The number of nitrogens with zero attached hydrogens (tertiary/aromatic N) is 2. The Balaban J connectivity index is 1.77. The Morgan fingerprint density at radius 3 is 2.64 bits per heavy atom. The maximum absolute atomic E-state index is 12.7. The van der Waals surface area contributed by atoms with Crippen LogP contribution in [0.5, 0.6) is 0 Å². The summed E-state index contributed by atoms with van der Waals surface area (Å²) in [5, 5.41) is 8.15. The van der Waals surface area contributed by atoms with Gasteiger partial charge in [-0.25, -0.2) is 4.98 Å². The Bertz CT molecular complexity index is 668. The van der Waals surface area contributed by atoms with Crippen molar-refractivity contribution >= 4 is 17.2 Å². The summed E-state index contributed by atoms with van der Waals surface area (Å²) in [6, 6.07) is 0.0362. The zero-order valence-corrected chi connectivity index (χ0v) is 14.2. The van der Waals surface area contributed by atoms with Crippen LogP contribution in [0, 0.1) is 26.7 Å². The van der Waals surface area contributed by atoms with Crippen LogP contribution < -0.4 is 5.32 Å². The summed E-state index contributed by atoms with van der Waals surface area (Å²) in [6.07, 6.45) is 4.19. The molecule has 1 aliphatic carbocycles. The summed E-state index contributed by atoms with van der Waals surface area (Å²) < 4.78 is 5.18. The zero-order valence-electron chi connectivity index (χ0n) is 13.3. The van der Waals surface area contributed by atoms with E-state index in [1.807, 2.05) is 33.9 Å². The molecule has 0 radical (unpaired) electrons. The fraction of sp³-hybridized carbons (Fsp3) is 0.562. The first kappa shape index (κ1) is 15.2. The number of thiazole rings is 1. The highest BCUT2D eigenvalue weighted by Gasteiger charge is 2.36. The van der Waals surface area contributed by atoms with Crippen LogP contribution >= 0.6 is 11.3 Å². The van der Waals surface area contributed by atoms with Gasteiger partial charge in [0.25, 0.3) is 0 Å². The summed E-state index contributed by atoms with van der Waals surface area (Å²) in [5.74, 6) is 0.979. The van der Waals surface area contributed by atoms with Gasteiger partial charge < -0.3 is 9.84 Å². The molecular weight excluding hydrogens is 298 g/mol. The summed E-state index contributed by atoms with van der Waals surface area (Å²) in [6.45, 7) is 7.66. The smallest absolute Gasteiger partial charge is 0.228 e. The third-order valence-corrected chi connectivity index (χ3v) is 5.21. The fourth-order valence-electron chi connectivity index (χ4n) is 2.84. The summed E-state index contributed by atoms with van der Waals surface area (Å²) >= 11 is 1.66. The van der Waals surface area contributed by atoms with Gasteiger partial charge in [0.15, 0.2) is 0 Å². The van der Waals surface area contributed by atoms with E-state index in [0.717, 1.165) is 29.1 Å². The monoisotopic (exact) mass is 319 g/mol. The minimum atomic E-state index is -0.270. The van der Waals surface area contributed by atoms with Gasteiger partial charge in [-0.1, -0.05) is 5.16 Å². The minimum absolute atomic E-state index is 0.0131. The van der Waals surface area contributed by atoms with Crippen LogP contribution in [-0.2, 0) is 4.79 Å². The fourth-order valence-corrected chi connectivity index (χ4v) is 3.76. The minimum Gasteiger partial charge on any atom is -0.361 e. The highest BCUT2D eigenvalue weighted by Crippen LogP contribution is 2.42. The van der Waals surface area contributed by atoms with E-state index in [1.165, 1.54) is 4.88 Å². The van der Waals surface area contributed by atoms with Crippen LogP contribution in [0.15, 0.2) is 10.7 Å². The van der Waals surface area contributed by atoms with E-state index in [-0.39, 0.29) is 17.9 Å². The van der Waals surface area contributed by atoms with Crippen LogP contribution in [0.25, 0.3) is 0 Å². The van der Waals surface area contributed by atoms with Crippen molar-refractivity contribution in [2.45, 2.75) is 52.5 Å². The van der Waals surface area contributed by atoms with E-state index in [0.29, 0.717) is 11.7 Å². The molecule has 0 saturated heterocycles. The number of hydrogen-bond donors (Lipinski definition) is 1. The van der Waals surface area contributed by atoms with Gasteiger partial charge >= 0.3 is 0 Å². The Morgan fingerprint density at radius 2 is 2.14 bits per heavy atom. The van der Waals surface area contributed by atoms with E-state index in [9.17, 15) is 4.79 Å². The van der Waals surface area contributed by atoms with Crippen LogP contribution in [0.4, 0.5) is 0 Å². The molecule has 0 spiro atoms. The molecule has 1 aliphatic rings. The van der Waals surface area contributed by atoms with Crippen molar-refractivity contribution in [3.8, 4) is 0 Å². The molecule has 22 heavy (non-hydrogen) atoms. The molecule has 2 unspecified atom stereocenters. The molecule has 5 nitrogen and oxygen atoms in total. The maximum Gasteiger partial charge on any atom is 0.228 e. The average Bonchev–Trinajstić information content (AvgIpc) is 3.15. The van der Waals surface area contributed by atoms with Crippen LogP contribution in [-0.4, -0.2) is 16.0 Å². The second-order valence-electron chi connectivity index (χ2n) is 6.09. The van der Waals surface area contributed by atoms with E-state index < -0.39 is 0 Å². The largest absolute Gasteiger partial charge is 0.361 e. The SMILES string of the molecule is Cc1cnc(C(NC(=O)C(C)c2c(C)noc2C)C2CC2)s1. The van der Waals surface area contributed by atoms with Gasteiger partial charge in [0, 0.05) is 16.6 Å². The standard InChI is InChI=1S/C16H21N3O2S/c1-8-7-17-16(22-8)14(12-5-6-12)18-15(20)9(2)13-10(3)19-21-11(13)4/h7,9,12,14H,5-6H2,1-4H3,(H,18,20). The quantitative estimate of drug-likeness (QED) is 0.917. The molecule has 2 aromatic rings. The third kappa shape index (κ3) is 2.92. The van der Waals surface area contributed by atoms with Gasteiger partial charge in [-0.2, -0.15) is 0 Å². The molecule has 6 heteroatoms. The lowest BCUT2D eigenvalue weighted by Gasteiger charge is -2.19. The molecule has 1 fully saturated rings. The van der Waals surface area contributed by atoms with Crippen molar-refractivity contribution < 1.29 is 9.32 Å². The lowest BCUT2D eigenvalue weighted by Crippen LogP contribution is -2.33. The average molecular weight is 319 g/mol. The van der Waals surface area contributed by atoms with Crippen molar-refractivity contribution in [3.05, 3.63) is 33.1 Å². The van der Waals surface area contributed by atoms with Crippen LogP contribution in [0.2, 0.25) is 0 Å². The van der Waals surface area contributed by atoms with Crippen molar-refractivity contribution in [3.63, 3.8) is 0 Å². The van der Waals surface area contributed by atoms with E-state index >= 15 is 0 Å². The van der Waals surface area contributed by atoms with Crippen molar-refractivity contribution in [2.24, 2.45) is 5.92 Å². The number of rotatable bonds is 5. The highest BCUT2D eigenvalue weighted by atomic mass is 32.1. The molecule has 1 saturated carbocycles. The van der Waals surface area contributed by atoms with E-state index in [4.69, 9.17) is 4.52 Å². The lowest BCUT2D eigenvalue weighted by atomic mass is 9.98. The van der Waals surface area contributed by atoms with Gasteiger partial charge in [0.1, 0.15) is 10.8 Å². The molecular formula is C16H21N3O2S. The predicted octanol–water partition coefficient (Wildman–Crippen LogP) is 3.43. The highest BCUT2D eigenvalue weighted by molar-refractivity contribution is 7.11. The number of amides is 1. The van der Waals surface area contributed by atoms with Crippen molar-refractivity contribution in [1.29, 1.82) is 0 Å². The third-order valence-electron chi connectivity index (χ3n) is 4.21. The van der Waals surface area contributed by atoms with Crippen LogP contribution in [0.1, 0.15) is 58.6 Å². The van der Waals surface area contributed by atoms with Gasteiger partial charge in [0.05, 0.1) is 17.7 Å². The Morgan fingerprint density at radius 1 is 1.41 bits per heavy atom.